The largest absolute Gasteiger partial charge is 0.467 e. The second-order valence-electron chi connectivity index (χ2n) is 6.89. The summed E-state index contributed by atoms with van der Waals surface area (Å²) in [6, 6.07) is -0.605. The van der Waals surface area contributed by atoms with E-state index < -0.39 is 12.0 Å². The molecule has 0 aromatic carbocycles. The molecule has 2 aliphatic heterocycles. The van der Waals surface area contributed by atoms with Crippen LogP contribution in [0.1, 0.15) is 20.3 Å². The third-order valence-electron chi connectivity index (χ3n) is 4.83. The fraction of sp³-hybridized carbons (Fsp3) is 0.812. The first-order chi connectivity index (χ1) is 10.8. The maximum Gasteiger partial charge on any atom is 0.328 e. The van der Waals surface area contributed by atoms with Gasteiger partial charge in [0.15, 0.2) is 0 Å². The van der Waals surface area contributed by atoms with Crippen molar-refractivity contribution in [3.8, 4) is 0 Å². The van der Waals surface area contributed by atoms with Gasteiger partial charge in [0, 0.05) is 26.7 Å². The van der Waals surface area contributed by atoms with E-state index in [-0.39, 0.29) is 29.7 Å². The van der Waals surface area contributed by atoms with Crippen molar-refractivity contribution in [1.29, 1.82) is 0 Å². The Morgan fingerprint density at radius 2 is 1.83 bits per heavy atom. The highest BCUT2D eigenvalue weighted by Crippen LogP contribution is 2.25. The number of likely N-dealkylation sites (N-methyl/N-ethyl adjacent to an activating group) is 2. The van der Waals surface area contributed by atoms with Crippen LogP contribution in [0.25, 0.3) is 0 Å². The molecule has 130 valence electrons. The van der Waals surface area contributed by atoms with E-state index in [0.717, 1.165) is 6.54 Å². The van der Waals surface area contributed by atoms with Gasteiger partial charge in [0.05, 0.1) is 13.0 Å². The van der Waals surface area contributed by atoms with Gasteiger partial charge in [0.1, 0.15) is 12.1 Å². The van der Waals surface area contributed by atoms with Gasteiger partial charge in [-0.25, -0.2) is 4.79 Å². The maximum atomic E-state index is 12.7. The van der Waals surface area contributed by atoms with E-state index in [2.05, 4.69) is 0 Å². The van der Waals surface area contributed by atoms with Crippen LogP contribution in [0, 0.1) is 11.8 Å². The second kappa shape index (κ2) is 6.86. The topological polar surface area (TPSA) is 69.9 Å². The van der Waals surface area contributed by atoms with Gasteiger partial charge in [-0.3, -0.25) is 14.5 Å². The minimum absolute atomic E-state index is 0.0138. The number of carbonyl (C=O) groups excluding carboxylic acids is 3. The molecule has 0 aromatic rings. The lowest BCUT2D eigenvalue weighted by molar-refractivity contribution is -0.155. The Morgan fingerprint density at radius 1 is 1.22 bits per heavy atom. The van der Waals surface area contributed by atoms with Gasteiger partial charge in [-0.2, -0.15) is 0 Å². The van der Waals surface area contributed by atoms with E-state index in [1.54, 1.807) is 11.9 Å². The van der Waals surface area contributed by atoms with E-state index in [1.807, 2.05) is 25.8 Å². The molecule has 0 spiro atoms. The second-order valence-corrected chi connectivity index (χ2v) is 6.89. The first-order valence-electron chi connectivity index (χ1n) is 8.11. The van der Waals surface area contributed by atoms with Crippen molar-refractivity contribution in [2.45, 2.75) is 32.4 Å². The molecule has 4 atom stereocenters. The van der Waals surface area contributed by atoms with E-state index in [9.17, 15) is 14.4 Å². The first kappa shape index (κ1) is 17.7. The predicted molar refractivity (Wildman–Crippen MR) is 84.5 cm³/mol. The zero-order chi connectivity index (χ0) is 17.3. The number of amides is 2. The van der Waals surface area contributed by atoms with Crippen LogP contribution in [0.15, 0.2) is 0 Å². The number of hydrogen-bond acceptors (Lipinski definition) is 5. The molecule has 7 nitrogen and oxygen atoms in total. The molecule has 2 rings (SSSR count). The highest BCUT2D eigenvalue weighted by molar-refractivity contribution is 5.88. The van der Waals surface area contributed by atoms with E-state index in [4.69, 9.17) is 4.74 Å². The molecule has 1 unspecified atom stereocenters. The highest BCUT2D eigenvalue weighted by Gasteiger charge is 2.43. The van der Waals surface area contributed by atoms with E-state index >= 15 is 0 Å². The molecular formula is C16H27N3O4. The molecule has 23 heavy (non-hydrogen) atoms. The van der Waals surface area contributed by atoms with Gasteiger partial charge in [-0.05, 0) is 19.4 Å². The first-order valence-corrected chi connectivity index (χ1v) is 8.11. The summed E-state index contributed by atoms with van der Waals surface area (Å²) in [5.41, 5.74) is 0. The van der Waals surface area contributed by atoms with Gasteiger partial charge in [0.2, 0.25) is 11.8 Å². The molecule has 0 aromatic heterocycles. The molecule has 0 N–H and O–H groups in total. The monoisotopic (exact) mass is 325 g/mol. The summed E-state index contributed by atoms with van der Waals surface area (Å²) in [4.78, 5) is 42.1. The van der Waals surface area contributed by atoms with Crippen LogP contribution >= 0.6 is 0 Å². The molecule has 0 radical (unpaired) electrons. The number of ether oxygens (including phenoxy) is 1. The van der Waals surface area contributed by atoms with Crippen molar-refractivity contribution in [2.24, 2.45) is 11.8 Å². The summed E-state index contributed by atoms with van der Waals surface area (Å²) in [7, 11) is 4.89. The molecule has 0 aliphatic carbocycles. The van der Waals surface area contributed by atoms with Crippen molar-refractivity contribution >= 4 is 17.8 Å². The summed E-state index contributed by atoms with van der Waals surface area (Å²) in [5.74, 6) is -0.650. The van der Waals surface area contributed by atoms with Crippen molar-refractivity contribution in [1.82, 2.24) is 14.7 Å². The van der Waals surface area contributed by atoms with E-state index in [1.165, 1.54) is 12.0 Å². The standard InChI is InChI=1S/C16H27N3O4/c1-10(2)13(16(22)23-5)18(4)14(20)11-6-7-19(8-11)15(21)12-9-17(12)3/h10-13H,6-9H2,1-5H3/t11-,12+,13-,17?/m0/s1. The number of carbonyl (C=O) groups is 3. The molecule has 2 amide bonds. The zero-order valence-electron chi connectivity index (χ0n) is 14.6. The summed E-state index contributed by atoms with van der Waals surface area (Å²) >= 11 is 0. The quantitative estimate of drug-likeness (QED) is 0.517. The van der Waals surface area contributed by atoms with Crippen LogP contribution in [-0.4, -0.2) is 85.4 Å². The Labute approximate surface area is 137 Å². The Bertz CT molecular complexity index is 494. The fourth-order valence-electron chi connectivity index (χ4n) is 3.29. The smallest absolute Gasteiger partial charge is 0.328 e. The van der Waals surface area contributed by atoms with Crippen LogP contribution in [0.3, 0.4) is 0 Å². The van der Waals surface area contributed by atoms with Crippen LogP contribution in [0.4, 0.5) is 0 Å². The van der Waals surface area contributed by atoms with Crippen molar-refractivity contribution in [3.63, 3.8) is 0 Å². The minimum Gasteiger partial charge on any atom is -0.467 e. The predicted octanol–water partition coefficient (Wildman–Crippen LogP) is -0.195. The van der Waals surface area contributed by atoms with Gasteiger partial charge in [-0.15, -0.1) is 0 Å². The Morgan fingerprint density at radius 3 is 2.30 bits per heavy atom. The summed E-state index contributed by atoms with van der Waals surface area (Å²) < 4.78 is 4.82. The lowest BCUT2D eigenvalue weighted by atomic mass is 10.00. The minimum atomic E-state index is -0.591. The zero-order valence-corrected chi connectivity index (χ0v) is 14.6. The van der Waals surface area contributed by atoms with Crippen molar-refractivity contribution < 1.29 is 19.1 Å². The lowest BCUT2D eigenvalue weighted by Gasteiger charge is -2.30. The molecule has 2 fully saturated rings. The van der Waals surface area contributed by atoms with Gasteiger partial charge in [0.25, 0.3) is 0 Å². The lowest BCUT2D eigenvalue weighted by Crippen LogP contribution is -2.49. The van der Waals surface area contributed by atoms with Gasteiger partial charge in [-0.1, -0.05) is 13.8 Å². The number of likely N-dealkylation sites (tertiary alicyclic amines) is 1. The van der Waals surface area contributed by atoms with E-state index in [0.29, 0.717) is 19.5 Å². The number of esters is 1. The number of hydrogen-bond donors (Lipinski definition) is 0. The van der Waals surface area contributed by atoms with Crippen molar-refractivity contribution in [3.05, 3.63) is 0 Å². The third-order valence-corrected chi connectivity index (χ3v) is 4.83. The van der Waals surface area contributed by atoms with Crippen LogP contribution in [0.2, 0.25) is 0 Å². The molecule has 2 aliphatic rings. The summed E-state index contributed by atoms with van der Waals surface area (Å²) in [6.07, 6.45) is 0.650. The number of rotatable bonds is 5. The van der Waals surface area contributed by atoms with Crippen molar-refractivity contribution in [2.75, 3.05) is 40.8 Å². The Balaban J connectivity index is 1.97. The maximum absolute atomic E-state index is 12.7. The molecule has 2 saturated heterocycles. The summed E-state index contributed by atoms with van der Waals surface area (Å²) in [5, 5.41) is 0. The van der Waals surface area contributed by atoms with Crippen LogP contribution in [-0.2, 0) is 19.1 Å². The number of nitrogens with zero attached hydrogens (tertiary/aromatic N) is 3. The average molecular weight is 325 g/mol. The molecule has 0 saturated carbocycles. The van der Waals surface area contributed by atoms with Crippen LogP contribution in [0.5, 0.6) is 0 Å². The van der Waals surface area contributed by atoms with Gasteiger partial charge >= 0.3 is 5.97 Å². The SMILES string of the molecule is COC(=O)[C@H](C(C)C)N(C)C(=O)[C@H]1CCN(C(=O)[C@H]2CN2C)C1. The Kier molecular flexibility index (Phi) is 5.29. The molecule has 0 bridgehead atoms. The fourth-order valence-corrected chi connectivity index (χ4v) is 3.29. The molecule has 2 heterocycles. The average Bonchev–Trinajstić information content (AvgIpc) is 3.03. The van der Waals surface area contributed by atoms with Gasteiger partial charge < -0.3 is 14.5 Å². The van der Waals surface area contributed by atoms with Crippen LogP contribution < -0.4 is 0 Å². The Hall–Kier alpha value is -1.63. The molecular weight excluding hydrogens is 298 g/mol. The highest BCUT2D eigenvalue weighted by atomic mass is 16.5. The summed E-state index contributed by atoms with van der Waals surface area (Å²) in [6.45, 7) is 5.62. The third kappa shape index (κ3) is 3.65. The number of methoxy groups -OCH3 is 1. The normalized spacial score (nSPS) is 27.7. The molecule has 7 heteroatoms.